The third-order valence-electron chi connectivity index (χ3n) is 4.81. The van der Waals surface area contributed by atoms with Crippen molar-refractivity contribution in [2.24, 2.45) is 5.41 Å². The molecular weight excluding hydrogens is 431 g/mol. The van der Waals surface area contributed by atoms with Gasteiger partial charge >= 0.3 is 5.97 Å². The Morgan fingerprint density at radius 3 is 2.22 bits per heavy atom. The van der Waals surface area contributed by atoms with Crippen LogP contribution in [0.4, 0.5) is 9.52 Å². The Morgan fingerprint density at radius 1 is 1.11 bits per heavy atom. The lowest BCUT2D eigenvalue weighted by atomic mass is 10.0. The summed E-state index contributed by atoms with van der Waals surface area (Å²) in [5.41, 5.74) is 3.09. The fraction of sp³-hybridized carbons (Fsp3) is 0.200. The fourth-order valence-corrected chi connectivity index (χ4v) is 4.37. The van der Waals surface area contributed by atoms with Crippen molar-refractivity contribution in [2.45, 2.75) is 12.8 Å². The van der Waals surface area contributed by atoms with Gasteiger partial charge in [-0.3, -0.25) is 4.79 Å². The van der Waals surface area contributed by atoms with E-state index in [2.05, 4.69) is 26.2 Å². The molecule has 1 aliphatic rings. The van der Waals surface area contributed by atoms with Gasteiger partial charge < -0.3 is 10.4 Å². The monoisotopic (exact) mass is 446 g/mol. The van der Waals surface area contributed by atoms with Gasteiger partial charge in [-0.2, -0.15) is 0 Å². The van der Waals surface area contributed by atoms with Gasteiger partial charge in [0.1, 0.15) is 5.82 Å². The van der Waals surface area contributed by atoms with E-state index in [0.29, 0.717) is 24.5 Å². The molecule has 0 spiro atoms. The van der Waals surface area contributed by atoms with E-state index in [1.807, 2.05) is 24.3 Å². The smallest absolute Gasteiger partial charge is 0.311 e. The molecule has 1 aliphatic carbocycles. The Kier molecular flexibility index (Phi) is 4.74. The van der Waals surface area contributed by atoms with Gasteiger partial charge in [0.05, 0.1) is 14.9 Å². The van der Waals surface area contributed by atoms with E-state index in [-0.39, 0.29) is 5.82 Å². The van der Waals surface area contributed by atoms with Crippen LogP contribution >= 0.6 is 27.3 Å². The van der Waals surface area contributed by atoms with Crippen molar-refractivity contribution in [1.82, 2.24) is 4.98 Å². The van der Waals surface area contributed by atoms with E-state index in [4.69, 9.17) is 0 Å². The van der Waals surface area contributed by atoms with Crippen LogP contribution in [0.2, 0.25) is 0 Å². The quantitative estimate of drug-likeness (QED) is 0.512. The van der Waals surface area contributed by atoms with Crippen molar-refractivity contribution in [3.05, 3.63) is 58.1 Å². The van der Waals surface area contributed by atoms with Crippen LogP contribution in [0.15, 0.2) is 52.3 Å². The molecular formula is C20H16BrFN2O2S. The lowest BCUT2D eigenvalue weighted by Crippen LogP contribution is -2.24. The third-order valence-corrected chi connectivity index (χ3v) is 6.47. The molecule has 1 aromatic heterocycles. The average molecular weight is 447 g/mol. The van der Waals surface area contributed by atoms with Crippen LogP contribution in [0.25, 0.3) is 22.4 Å². The van der Waals surface area contributed by atoms with Crippen molar-refractivity contribution in [1.29, 1.82) is 0 Å². The molecule has 138 valence electrons. The predicted octanol–water partition coefficient (Wildman–Crippen LogP) is 5.66. The van der Waals surface area contributed by atoms with Crippen LogP contribution in [0.5, 0.6) is 0 Å². The van der Waals surface area contributed by atoms with E-state index < -0.39 is 11.4 Å². The number of aliphatic carboxylic acids is 1. The highest BCUT2D eigenvalue weighted by atomic mass is 79.9. The summed E-state index contributed by atoms with van der Waals surface area (Å²) in [5, 5.41) is 13.1. The van der Waals surface area contributed by atoms with Gasteiger partial charge in [-0.05, 0) is 52.0 Å². The van der Waals surface area contributed by atoms with Crippen molar-refractivity contribution >= 4 is 38.4 Å². The molecule has 0 bridgehead atoms. The largest absolute Gasteiger partial charge is 0.481 e. The summed E-state index contributed by atoms with van der Waals surface area (Å²) >= 11 is 5.00. The zero-order valence-electron chi connectivity index (χ0n) is 14.2. The highest BCUT2D eigenvalue weighted by Crippen LogP contribution is 2.46. The number of carboxylic acids is 1. The lowest BCUT2D eigenvalue weighted by Gasteiger charge is -2.09. The fourth-order valence-electron chi connectivity index (χ4n) is 2.88. The topological polar surface area (TPSA) is 62.2 Å². The summed E-state index contributed by atoms with van der Waals surface area (Å²) in [6.45, 7) is 0.394. The summed E-state index contributed by atoms with van der Waals surface area (Å²) in [7, 11) is 0. The normalized spacial score (nSPS) is 14.7. The number of benzene rings is 2. The molecule has 0 saturated heterocycles. The lowest BCUT2D eigenvalue weighted by molar-refractivity contribution is -0.142. The van der Waals surface area contributed by atoms with Crippen molar-refractivity contribution in [3.8, 4) is 22.4 Å². The van der Waals surface area contributed by atoms with Crippen LogP contribution in [-0.2, 0) is 4.79 Å². The highest BCUT2D eigenvalue weighted by molar-refractivity contribution is 9.11. The number of carboxylic acid groups (broad SMARTS) is 1. The molecule has 0 radical (unpaired) electrons. The van der Waals surface area contributed by atoms with E-state index >= 15 is 0 Å². The predicted molar refractivity (Wildman–Crippen MR) is 108 cm³/mol. The van der Waals surface area contributed by atoms with Crippen molar-refractivity contribution < 1.29 is 14.3 Å². The number of halogens is 2. The van der Waals surface area contributed by atoms with Crippen molar-refractivity contribution in [2.75, 3.05) is 11.9 Å². The Bertz CT molecular complexity index is 982. The van der Waals surface area contributed by atoms with Gasteiger partial charge in [0.2, 0.25) is 0 Å². The van der Waals surface area contributed by atoms with Crippen LogP contribution in [0.3, 0.4) is 0 Å². The molecule has 0 atom stereocenters. The van der Waals surface area contributed by atoms with Crippen molar-refractivity contribution in [3.63, 3.8) is 0 Å². The van der Waals surface area contributed by atoms with Gasteiger partial charge in [-0.1, -0.05) is 47.7 Å². The second-order valence-corrected chi connectivity index (χ2v) is 8.98. The molecule has 1 fully saturated rings. The number of rotatable bonds is 6. The number of nitrogens with zero attached hydrogens (tertiary/aromatic N) is 1. The first-order valence-electron chi connectivity index (χ1n) is 8.47. The third kappa shape index (κ3) is 3.75. The van der Waals surface area contributed by atoms with Crippen LogP contribution in [-0.4, -0.2) is 22.6 Å². The van der Waals surface area contributed by atoms with Gasteiger partial charge in [0.15, 0.2) is 5.13 Å². The van der Waals surface area contributed by atoms with Gasteiger partial charge in [-0.15, -0.1) is 0 Å². The minimum atomic E-state index is -0.748. The first-order valence-corrected chi connectivity index (χ1v) is 10.1. The second-order valence-electron chi connectivity index (χ2n) is 6.66. The maximum absolute atomic E-state index is 13.1. The first kappa shape index (κ1) is 18.1. The number of anilines is 1. The summed E-state index contributed by atoms with van der Waals surface area (Å²) < 4.78 is 14.0. The summed E-state index contributed by atoms with van der Waals surface area (Å²) in [4.78, 5) is 15.9. The molecule has 27 heavy (non-hydrogen) atoms. The van der Waals surface area contributed by atoms with E-state index in [9.17, 15) is 14.3 Å². The molecule has 2 N–H and O–H groups in total. The summed E-state index contributed by atoms with van der Waals surface area (Å²) in [6, 6.07) is 14.3. The maximum atomic E-state index is 13.1. The SMILES string of the molecule is O=C(O)C1(CNc2nc(-c3ccc(-c4ccc(F)cc4)cc3)c(Br)s2)CC1. The molecule has 1 saturated carbocycles. The number of hydrogen-bond acceptors (Lipinski definition) is 4. The Morgan fingerprint density at radius 2 is 1.67 bits per heavy atom. The first-order chi connectivity index (χ1) is 13.0. The molecule has 3 aromatic rings. The summed E-state index contributed by atoms with van der Waals surface area (Å²) in [5.74, 6) is -1.00. The Labute approximate surface area is 168 Å². The van der Waals surface area contributed by atoms with Crippen LogP contribution in [0, 0.1) is 11.2 Å². The van der Waals surface area contributed by atoms with E-state index in [1.165, 1.54) is 23.5 Å². The standard InChI is InChI=1S/C20H16BrFN2O2S/c21-17-16(24-19(27-17)23-11-20(9-10-20)18(25)26)14-3-1-12(2-4-14)13-5-7-15(22)8-6-13/h1-8H,9-11H2,(H,23,24)(H,25,26). The highest BCUT2D eigenvalue weighted by Gasteiger charge is 2.50. The molecule has 7 heteroatoms. The number of carbonyl (C=O) groups is 1. The molecule has 4 rings (SSSR count). The average Bonchev–Trinajstić information content (AvgIpc) is 3.38. The number of nitrogens with one attached hydrogen (secondary N) is 1. The molecule has 4 nitrogen and oxygen atoms in total. The summed E-state index contributed by atoms with van der Waals surface area (Å²) in [6.07, 6.45) is 1.42. The number of hydrogen-bond donors (Lipinski definition) is 2. The second kappa shape index (κ2) is 7.05. The molecule has 0 unspecified atom stereocenters. The zero-order chi connectivity index (χ0) is 19.0. The van der Waals surface area contributed by atoms with Crippen LogP contribution in [0.1, 0.15) is 12.8 Å². The minimum Gasteiger partial charge on any atom is -0.481 e. The van der Waals surface area contributed by atoms with Gasteiger partial charge in [-0.25, -0.2) is 9.37 Å². The molecule has 0 aliphatic heterocycles. The number of aromatic nitrogens is 1. The Hall–Kier alpha value is -2.25. The van der Waals surface area contributed by atoms with Gasteiger partial charge in [0, 0.05) is 12.1 Å². The maximum Gasteiger partial charge on any atom is 0.311 e. The molecule has 1 heterocycles. The molecule has 2 aromatic carbocycles. The molecule has 0 amide bonds. The van der Waals surface area contributed by atoms with E-state index in [1.54, 1.807) is 12.1 Å². The van der Waals surface area contributed by atoms with Gasteiger partial charge in [0.25, 0.3) is 0 Å². The minimum absolute atomic E-state index is 0.252. The number of thiazole rings is 1. The van der Waals surface area contributed by atoms with E-state index in [0.717, 1.165) is 26.2 Å². The Balaban J connectivity index is 1.51. The zero-order valence-corrected chi connectivity index (χ0v) is 16.6. The van der Waals surface area contributed by atoms with Crippen LogP contribution < -0.4 is 5.32 Å².